The molecule has 38 heavy (non-hydrogen) atoms. The summed E-state index contributed by atoms with van der Waals surface area (Å²) in [4.78, 5) is 14.4. The largest absolute Gasteiger partial charge is 0.355 e. The molecule has 4 nitrogen and oxygen atoms in total. The molecule has 5 heterocycles. The smallest absolute Gasteiger partial charge is 0.0486 e. The van der Waals surface area contributed by atoms with E-state index in [0.29, 0.717) is 0 Å². The fraction of sp³-hybridized carbons (Fsp3) is 0. The second-order valence-electron chi connectivity index (χ2n) is 9.93. The highest BCUT2D eigenvalue weighted by atomic mass is 14.8. The lowest BCUT2D eigenvalue weighted by atomic mass is 9.94. The van der Waals surface area contributed by atoms with Crippen LogP contribution in [0.4, 0.5) is 0 Å². The van der Waals surface area contributed by atoms with Crippen LogP contribution in [0.3, 0.4) is 0 Å². The Labute approximate surface area is 218 Å². The Hall–Kier alpha value is -5.22. The Kier molecular flexibility index (Phi) is 4.49. The third kappa shape index (κ3) is 3.54. The predicted octanol–water partition coefficient (Wildman–Crippen LogP) is 4.35. The van der Waals surface area contributed by atoms with Crippen molar-refractivity contribution in [1.29, 1.82) is 0 Å². The van der Waals surface area contributed by atoms with Gasteiger partial charge in [0.25, 0.3) is 0 Å². The Balaban J connectivity index is 1.46. The van der Waals surface area contributed by atoms with Gasteiger partial charge in [-0.2, -0.15) is 0 Å². The lowest BCUT2D eigenvalue weighted by molar-refractivity contribution is 1.22. The average Bonchev–Trinajstić information content (AvgIpc) is 3.74. The summed E-state index contributed by atoms with van der Waals surface area (Å²) in [6.45, 7) is 0. The number of H-pyrrole nitrogens is 4. The maximum absolute atomic E-state index is 3.68. The molecule has 0 aliphatic carbocycles. The summed E-state index contributed by atoms with van der Waals surface area (Å²) in [7, 11) is 0. The van der Waals surface area contributed by atoms with E-state index in [1.807, 2.05) is 0 Å². The number of nitrogens with one attached hydrogen (secondary N) is 4. The quantitative estimate of drug-likeness (QED) is 0.248. The fourth-order valence-electron chi connectivity index (χ4n) is 5.60. The zero-order chi connectivity index (χ0) is 25.1. The summed E-state index contributed by atoms with van der Waals surface area (Å²) >= 11 is 0. The SMILES string of the molecule is C1=c2ccc([nH]2)=Cc2ccc([nH]2)C(c2cccc3cc4ccccc4cc23)=c2ccc([nH]2)=Cc2ccc1[nH]2. The van der Waals surface area contributed by atoms with Crippen LogP contribution >= 0.6 is 0 Å². The zero-order valence-electron chi connectivity index (χ0n) is 20.5. The van der Waals surface area contributed by atoms with Crippen LogP contribution in [0.15, 0.2) is 103 Å². The van der Waals surface area contributed by atoms with Crippen LogP contribution in [0.5, 0.6) is 0 Å². The van der Waals surface area contributed by atoms with Crippen molar-refractivity contribution in [2.75, 3.05) is 0 Å². The van der Waals surface area contributed by atoms with Gasteiger partial charge in [-0.05, 0) is 106 Å². The van der Waals surface area contributed by atoms with Crippen molar-refractivity contribution in [1.82, 2.24) is 19.9 Å². The van der Waals surface area contributed by atoms with Crippen LogP contribution in [-0.2, 0) is 0 Å². The van der Waals surface area contributed by atoms with E-state index >= 15 is 0 Å². The Morgan fingerprint density at radius 2 is 1.05 bits per heavy atom. The average molecular weight is 489 g/mol. The highest BCUT2D eigenvalue weighted by Crippen LogP contribution is 2.31. The molecule has 3 aromatic carbocycles. The minimum atomic E-state index is 1.05. The van der Waals surface area contributed by atoms with Crippen LogP contribution in [0.1, 0.15) is 28.3 Å². The minimum absolute atomic E-state index is 1.05. The fourth-order valence-corrected chi connectivity index (χ4v) is 5.60. The van der Waals surface area contributed by atoms with Gasteiger partial charge in [-0.1, -0.05) is 42.5 Å². The van der Waals surface area contributed by atoms with Gasteiger partial charge in [0.1, 0.15) is 0 Å². The van der Waals surface area contributed by atoms with E-state index in [2.05, 4.69) is 141 Å². The van der Waals surface area contributed by atoms with Gasteiger partial charge in [-0.15, -0.1) is 0 Å². The molecule has 0 amide bonds. The molecular formula is C34H24N4. The summed E-state index contributed by atoms with van der Waals surface area (Å²) in [5.74, 6) is 0. The van der Waals surface area contributed by atoms with Gasteiger partial charge < -0.3 is 19.9 Å². The molecule has 4 N–H and O–H groups in total. The third-order valence-corrected chi connectivity index (χ3v) is 7.37. The molecular weight excluding hydrogens is 464 g/mol. The number of aromatic nitrogens is 4. The molecule has 8 bridgehead atoms. The van der Waals surface area contributed by atoms with Gasteiger partial charge in [-0.3, -0.25) is 0 Å². The van der Waals surface area contributed by atoms with Gasteiger partial charge in [0.05, 0.1) is 0 Å². The third-order valence-electron chi connectivity index (χ3n) is 7.37. The summed E-state index contributed by atoms with van der Waals surface area (Å²) < 4.78 is 0. The highest BCUT2D eigenvalue weighted by Gasteiger charge is 2.14. The monoisotopic (exact) mass is 488 g/mol. The Morgan fingerprint density at radius 1 is 0.421 bits per heavy atom. The lowest BCUT2D eigenvalue weighted by Gasteiger charge is -2.11. The van der Waals surface area contributed by atoms with Gasteiger partial charge in [-0.25, -0.2) is 0 Å². The molecule has 0 spiro atoms. The zero-order valence-corrected chi connectivity index (χ0v) is 20.5. The number of fused-ring (bicyclic) bond motifs is 10. The molecule has 0 saturated carbocycles. The topological polar surface area (TPSA) is 63.2 Å². The first-order valence-corrected chi connectivity index (χ1v) is 12.9. The molecule has 180 valence electrons. The second-order valence-corrected chi connectivity index (χ2v) is 9.93. The maximum Gasteiger partial charge on any atom is 0.0486 e. The van der Waals surface area contributed by atoms with E-state index < -0.39 is 0 Å². The number of hydrogen-bond acceptors (Lipinski definition) is 0. The van der Waals surface area contributed by atoms with Crippen molar-refractivity contribution in [3.8, 4) is 0 Å². The van der Waals surface area contributed by atoms with Crippen molar-refractivity contribution < 1.29 is 0 Å². The first-order valence-electron chi connectivity index (χ1n) is 12.9. The molecule has 7 aromatic rings. The Bertz CT molecular complexity index is 2250. The molecule has 0 radical (unpaired) electrons. The lowest BCUT2D eigenvalue weighted by Crippen LogP contribution is -2.15. The molecule has 1 aliphatic rings. The summed E-state index contributed by atoms with van der Waals surface area (Å²) in [5, 5.41) is 9.17. The highest BCUT2D eigenvalue weighted by molar-refractivity contribution is 6.04. The van der Waals surface area contributed by atoms with Crippen molar-refractivity contribution in [2.24, 2.45) is 0 Å². The van der Waals surface area contributed by atoms with Gasteiger partial charge >= 0.3 is 0 Å². The van der Waals surface area contributed by atoms with E-state index in [0.717, 1.165) is 49.7 Å². The minimum Gasteiger partial charge on any atom is -0.355 e. The predicted molar refractivity (Wildman–Crippen MR) is 155 cm³/mol. The van der Waals surface area contributed by atoms with Crippen LogP contribution in [-0.4, -0.2) is 19.9 Å². The molecule has 8 rings (SSSR count). The molecule has 4 heteroatoms. The summed E-state index contributed by atoms with van der Waals surface area (Å²) in [5.41, 5.74) is 6.55. The number of benzene rings is 3. The van der Waals surface area contributed by atoms with E-state index in [4.69, 9.17) is 0 Å². The Morgan fingerprint density at radius 3 is 1.84 bits per heavy atom. The normalized spacial score (nSPS) is 12.8. The first kappa shape index (κ1) is 20.9. The summed E-state index contributed by atoms with van der Waals surface area (Å²) in [6, 6.07) is 36.8. The van der Waals surface area contributed by atoms with Crippen molar-refractivity contribution in [3.05, 3.63) is 153 Å². The molecule has 0 saturated heterocycles. The number of hydrogen-bond donors (Lipinski definition) is 4. The second kappa shape index (κ2) is 8.15. The van der Waals surface area contributed by atoms with Gasteiger partial charge in [0, 0.05) is 49.7 Å². The van der Waals surface area contributed by atoms with Crippen LogP contribution < -0.4 is 21.4 Å². The summed E-state index contributed by atoms with van der Waals surface area (Å²) in [6.07, 6.45) is 6.42. The molecule has 4 aromatic heterocycles. The van der Waals surface area contributed by atoms with E-state index in [9.17, 15) is 0 Å². The van der Waals surface area contributed by atoms with Gasteiger partial charge in [0.2, 0.25) is 0 Å². The molecule has 0 atom stereocenters. The van der Waals surface area contributed by atoms with Crippen molar-refractivity contribution >= 4 is 45.3 Å². The van der Waals surface area contributed by atoms with E-state index in [1.54, 1.807) is 0 Å². The van der Waals surface area contributed by atoms with Crippen LogP contribution in [0, 0.1) is 0 Å². The molecule has 1 aliphatic heterocycles. The maximum atomic E-state index is 3.68. The standard InChI is InChI=1S/C34H24N4/c1-2-5-22-17-31-23(16-21(22)4-1)6-3-7-30(31)34-32-14-12-28(37-32)19-26-10-8-24(35-26)18-25-9-11-27(36-25)20-29-13-15-33(34)38-29/h1-20,35-38H. The van der Waals surface area contributed by atoms with E-state index in [1.165, 1.54) is 27.1 Å². The van der Waals surface area contributed by atoms with Crippen LogP contribution in [0.25, 0.3) is 45.3 Å². The molecule has 0 fully saturated rings. The van der Waals surface area contributed by atoms with Crippen molar-refractivity contribution in [3.63, 3.8) is 0 Å². The van der Waals surface area contributed by atoms with Crippen molar-refractivity contribution in [2.45, 2.75) is 0 Å². The van der Waals surface area contributed by atoms with E-state index in [-0.39, 0.29) is 0 Å². The first-order chi connectivity index (χ1) is 18.7. The number of aromatic amines is 4. The molecule has 0 unspecified atom stereocenters. The number of rotatable bonds is 1. The van der Waals surface area contributed by atoms with Gasteiger partial charge in [0.15, 0.2) is 0 Å². The van der Waals surface area contributed by atoms with Crippen LogP contribution in [0.2, 0.25) is 0 Å².